The zero-order valence-electron chi connectivity index (χ0n) is 17.1. The second kappa shape index (κ2) is 9.43. The SMILES string of the molecule is CC1(C)O[C@H]([C@H](O)C=C=CC#CC#C[Si](C)(C)C)[C@@H](/C=C/[C@@H]2CCC(=O)O2)O1. The van der Waals surface area contributed by atoms with E-state index in [2.05, 4.69) is 48.7 Å². The van der Waals surface area contributed by atoms with E-state index in [1.54, 1.807) is 26.0 Å². The van der Waals surface area contributed by atoms with E-state index in [0.717, 1.165) is 0 Å². The van der Waals surface area contributed by atoms with Crippen molar-refractivity contribution in [2.75, 3.05) is 0 Å². The second-order valence-corrected chi connectivity index (χ2v) is 13.0. The summed E-state index contributed by atoms with van der Waals surface area (Å²) in [5, 5.41) is 10.5. The predicted octanol–water partition coefficient (Wildman–Crippen LogP) is 2.72. The number of rotatable bonds is 4. The van der Waals surface area contributed by atoms with Crippen molar-refractivity contribution in [2.24, 2.45) is 0 Å². The van der Waals surface area contributed by atoms with Crippen molar-refractivity contribution in [3.63, 3.8) is 0 Å². The molecule has 2 rings (SSSR count). The molecule has 1 N–H and O–H groups in total. The number of hydrogen-bond acceptors (Lipinski definition) is 5. The zero-order valence-corrected chi connectivity index (χ0v) is 18.1. The molecule has 2 aliphatic heterocycles. The van der Waals surface area contributed by atoms with E-state index in [4.69, 9.17) is 14.2 Å². The molecule has 0 radical (unpaired) electrons. The first kappa shape index (κ1) is 22.2. The van der Waals surface area contributed by atoms with Crippen LogP contribution in [0.5, 0.6) is 0 Å². The number of carbonyl (C=O) groups excluding carboxylic acids is 1. The largest absolute Gasteiger partial charge is 0.458 e. The van der Waals surface area contributed by atoms with Gasteiger partial charge in [-0.05, 0) is 44.3 Å². The van der Waals surface area contributed by atoms with Crippen LogP contribution in [-0.2, 0) is 19.0 Å². The molecule has 6 heteroatoms. The fourth-order valence-electron chi connectivity index (χ4n) is 2.72. The maximum atomic E-state index is 11.2. The third kappa shape index (κ3) is 7.52. The normalized spacial score (nSPS) is 27.1. The molecule has 150 valence electrons. The van der Waals surface area contributed by atoms with Gasteiger partial charge in [0.1, 0.15) is 32.5 Å². The minimum absolute atomic E-state index is 0.195. The average Bonchev–Trinajstić information content (AvgIpc) is 3.13. The van der Waals surface area contributed by atoms with Crippen molar-refractivity contribution in [1.82, 2.24) is 0 Å². The highest BCUT2D eigenvalue weighted by Crippen LogP contribution is 2.31. The summed E-state index contributed by atoms with van der Waals surface area (Å²) in [5.41, 5.74) is 6.01. The van der Waals surface area contributed by atoms with Crippen molar-refractivity contribution in [3.8, 4) is 23.3 Å². The quantitative estimate of drug-likeness (QED) is 0.258. The van der Waals surface area contributed by atoms with Gasteiger partial charge < -0.3 is 19.3 Å². The number of hydrogen-bond donors (Lipinski definition) is 1. The summed E-state index contributed by atoms with van der Waals surface area (Å²) in [4.78, 5) is 11.2. The van der Waals surface area contributed by atoms with Crippen molar-refractivity contribution >= 4 is 14.0 Å². The molecule has 2 saturated heterocycles. The Labute approximate surface area is 168 Å². The van der Waals surface area contributed by atoms with E-state index in [9.17, 15) is 9.90 Å². The lowest BCUT2D eigenvalue weighted by Crippen LogP contribution is -2.33. The van der Waals surface area contributed by atoms with Crippen LogP contribution in [0.25, 0.3) is 0 Å². The minimum atomic E-state index is -1.41. The summed E-state index contributed by atoms with van der Waals surface area (Å²) >= 11 is 0. The first-order chi connectivity index (χ1) is 13.1. The van der Waals surface area contributed by atoms with Crippen LogP contribution in [-0.4, -0.2) is 49.4 Å². The fourth-order valence-corrected chi connectivity index (χ4v) is 3.16. The summed E-state index contributed by atoms with van der Waals surface area (Å²) in [5.74, 6) is 7.37. The van der Waals surface area contributed by atoms with Crippen LogP contribution >= 0.6 is 0 Å². The van der Waals surface area contributed by atoms with Crippen LogP contribution < -0.4 is 0 Å². The highest BCUT2D eigenvalue weighted by molar-refractivity contribution is 6.83. The second-order valence-electron chi connectivity index (χ2n) is 8.25. The molecule has 0 spiro atoms. The molecule has 0 bridgehead atoms. The van der Waals surface area contributed by atoms with E-state index in [1.807, 2.05) is 0 Å². The number of ether oxygens (including phenoxy) is 3. The first-order valence-electron chi connectivity index (χ1n) is 9.41. The van der Waals surface area contributed by atoms with Gasteiger partial charge in [-0.15, -0.1) is 11.3 Å². The third-order valence-electron chi connectivity index (χ3n) is 3.93. The van der Waals surface area contributed by atoms with Crippen molar-refractivity contribution < 1.29 is 24.1 Å². The topological polar surface area (TPSA) is 65.0 Å². The zero-order chi connectivity index (χ0) is 20.8. The molecule has 0 aromatic rings. The Bertz CT molecular complexity index is 791. The van der Waals surface area contributed by atoms with Gasteiger partial charge in [0.2, 0.25) is 0 Å². The number of carbonyl (C=O) groups is 1. The van der Waals surface area contributed by atoms with E-state index in [1.165, 1.54) is 12.2 Å². The van der Waals surface area contributed by atoms with Gasteiger partial charge in [0.05, 0.1) is 0 Å². The Morgan fingerprint density at radius 1 is 1.21 bits per heavy atom. The molecule has 4 atom stereocenters. The molecular weight excluding hydrogens is 372 g/mol. The van der Waals surface area contributed by atoms with Gasteiger partial charge >= 0.3 is 5.97 Å². The van der Waals surface area contributed by atoms with Crippen LogP contribution in [0.2, 0.25) is 19.6 Å². The Morgan fingerprint density at radius 3 is 2.61 bits per heavy atom. The Hall–Kier alpha value is -2.05. The molecule has 2 fully saturated rings. The molecule has 2 heterocycles. The molecule has 0 aromatic carbocycles. The van der Waals surface area contributed by atoms with Crippen LogP contribution in [0.1, 0.15) is 26.7 Å². The lowest BCUT2D eigenvalue weighted by molar-refractivity contribution is -0.150. The van der Waals surface area contributed by atoms with Crippen LogP contribution in [0.15, 0.2) is 30.0 Å². The van der Waals surface area contributed by atoms with E-state index < -0.39 is 32.2 Å². The lowest BCUT2D eigenvalue weighted by atomic mass is 10.1. The standard InChI is InChI=1S/C22H28O5Si/c1-22(2)26-19(14-12-17-13-15-20(24)25-17)21(27-22)18(23)11-9-7-6-8-10-16-28(3,4)5/h7,11-12,14,17-19,21,23H,13,15H2,1-5H3/b14-12+/t9?,17-,18-,19-,21-/m1/s1. The van der Waals surface area contributed by atoms with E-state index >= 15 is 0 Å². The number of esters is 1. The molecule has 5 nitrogen and oxygen atoms in total. The van der Waals surface area contributed by atoms with Gasteiger partial charge in [0.15, 0.2) is 5.79 Å². The summed E-state index contributed by atoms with van der Waals surface area (Å²) in [6, 6.07) is 0. The number of aliphatic hydroxyl groups excluding tert-OH is 1. The van der Waals surface area contributed by atoms with Crippen molar-refractivity contribution in [1.29, 1.82) is 0 Å². The van der Waals surface area contributed by atoms with Crippen molar-refractivity contribution in [2.45, 2.75) is 76.5 Å². The Kier molecular flexibility index (Phi) is 7.49. The number of aliphatic hydroxyl groups is 1. The summed E-state index contributed by atoms with van der Waals surface area (Å²) in [6.07, 6.45) is 5.44. The van der Waals surface area contributed by atoms with Gasteiger partial charge in [-0.25, -0.2) is 0 Å². The molecule has 0 saturated carbocycles. The average molecular weight is 401 g/mol. The summed E-state index contributed by atoms with van der Waals surface area (Å²) < 4.78 is 16.8. The Morgan fingerprint density at radius 2 is 1.96 bits per heavy atom. The molecular formula is C22H28O5Si. The monoisotopic (exact) mass is 400 g/mol. The Balaban J connectivity index is 2.00. The van der Waals surface area contributed by atoms with Gasteiger partial charge in [-0.2, -0.15) is 0 Å². The highest BCUT2D eigenvalue weighted by atomic mass is 28.3. The molecule has 0 aromatic heterocycles. The third-order valence-corrected chi connectivity index (χ3v) is 4.80. The van der Waals surface area contributed by atoms with Crippen LogP contribution in [0.3, 0.4) is 0 Å². The molecule has 0 amide bonds. The van der Waals surface area contributed by atoms with Crippen molar-refractivity contribution in [3.05, 3.63) is 30.0 Å². The predicted molar refractivity (Wildman–Crippen MR) is 110 cm³/mol. The smallest absolute Gasteiger partial charge is 0.306 e. The van der Waals surface area contributed by atoms with Crippen LogP contribution in [0.4, 0.5) is 0 Å². The fraction of sp³-hybridized carbons (Fsp3) is 0.545. The highest BCUT2D eigenvalue weighted by Gasteiger charge is 2.43. The maximum Gasteiger partial charge on any atom is 0.306 e. The minimum Gasteiger partial charge on any atom is -0.458 e. The summed E-state index contributed by atoms with van der Waals surface area (Å²) in [7, 11) is -1.41. The number of cyclic esters (lactones) is 1. The van der Waals surface area contributed by atoms with Gasteiger partial charge in [0, 0.05) is 12.5 Å². The lowest BCUT2D eigenvalue weighted by Gasteiger charge is -2.18. The van der Waals surface area contributed by atoms with Crippen LogP contribution in [0, 0.1) is 23.3 Å². The van der Waals surface area contributed by atoms with Gasteiger partial charge in [-0.1, -0.05) is 31.6 Å². The van der Waals surface area contributed by atoms with E-state index in [-0.39, 0.29) is 12.1 Å². The van der Waals surface area contributed by atoms with Gasteiger partial charge in [-0.3, -0.25) is 4.79 Å². The molecule has 28 heavy (non-hydrogen) atoms. The van der Waals surface area contributed by atoms with E-state index in [0.29, 0.717) is 12.8 Å². The first-order valence-corrected chi connectivity index (χ1v) is 12.9. The molecule has 2 aliphatic rings. The summed E-state index contributed by atoms with van der Waals surface area (Å²) in [6.45, 7) is 10.0. The molecule has 0 aliphatic carbocycles. The molecule has 0 unspecified atom stereocenters. The van der Waals surface area contributed by atoms with Gasteiger partial charge in [0.25, 0.3) is 0 Å². The maximum absolute atomic E-state index is 11.2.